The van der Waals surface area contributed by atoms with Gasteiger partial charge in [0.25, 0.3) is 0 Å². The minimum absolute atomic E-state index is 0.193. The van der Waals surface area contributed by atoms with E-state index in [1.807, 2.05) is 0 Å². The molecule has 0 amide bonds. The zero-order chi connectivity index (χ0) is 8.85. The summed E-state index contributed by atoms with van der Waals surface area (Å²) in [6.07, 6.45) is 1.50. The van der Waals surface area contributed by atoms with E-state index in [9.17, 15) is 0 Å². The van der Waals surface area contributed by atoms with E-state index < -0.39 is 0 Å². The van der Waals surface area contributed by atoms with Crippen molar-refractivity contribution >= 4 is 0 Å². The number of hydrogen-bond acceptors (Lipinski definition) is 4. The second-order valence-corrected chi connectivity index (χ2v) is 1.97. The molecule has 0 aliphatic rings. The summed E-state index contributed by atoms with van der Waals surface area (Å²) < 4.78 is 9.84. The van der Waals surface area contributed by atoms with Gasteiger partial charge in [0.1, 0.15) is 5.76 Å². The highest BCUT2D eigenvalue weighted by molar-refractivity contribution is 5.17. The first-order valence-electron chi connectivity index (χ1n) is 3.13. The predicted molar refractivity (Wildman–Crippen MR) is 43.2 cm³/mol. The highest BCUT2D eigenvalue weighted by Gasteiger charge is 1.98. The molecule has 0 unspecified atom stereocenters. The van der Waals surface area contributed by atoms with Crippen molar-refractivity contribution < 1.29 is 9.47 Å². The van der Waals surface area contributed by atoms with Gasteiger partial charge in [-0.05, 0) is 6.92 Å². The molecule has 0 rings (SSSR count). The average molecular weight is 158 g/mol. The lowest BCUT2D eigenvalue weighted by Crippen LogP contribution is -2.09. The lowest BCUT2D eigenvalue weighted by Gasteiger charge is -2.05. The first-order chi connectivity index (χ1) is 5.11. The molecule has 4 N–H and O–H groups in total. The SMILES string of the molecule is CO/C(C)=C(/C=C(N)N)OC. The van der Waals surface area contributed by atoms with Crippen molar-refractivity contribution in [1.82, 2.24) is 0 Å². The van der Waals surface area contributed by atoms with E-state index in [1.165, 1.54) is 13.2 Å². The molecule has 4 nitrogen and oxygen atoms in total. The third-order valence-corrected chi connectivity index (χ3v) is 1.17. The van der Waals surface area contributed by atoms with Gasteiger partial charge in [0.05, 0.1) is 20.0 Å². The third-order valence-electron chi connectivity index (χ3n) is 1.17. The molecule has 0 radical (unpaired) electrons. The van der Waals surface area contributed by atoms with Crippen molar-refractivity contribution in [3.05, 3.63) is 23.4 Å². The van der Waals surface area contributed by atoms with Crippen LogP contribution in [0.25, 0.3) is 0 Å². The van der Waals surface area contributed by atoms with E-state index in [0.717, 1.165) is 0 Å². The molecular weight excluding hydrogens is 144 g/mol. The summed E-state index contributed by atoms with van der Waals surface area (Å²) in [6, 6.07) is 0. The maximum atomic E-state index is 5.23. The van der Waals surface area contributed by atoms with E-state index in [4.69, 9.17) is 20.9 Å². The number of nitrogens with two attached hydrogens (primary N) is 2. The Labute approximate surface area is 66.5 Å². The van der Waals surface area contributed by atoms with Gasteiger partial charge >= 0.3 is 0 Å². The number of rotatable bonds is 3. The van der Waals surface area contributed by atoms with Crippen molar-refractivity contribution in [3.63, 3.8) is 0 Å². The van der Waals surface area contributed by atoms with Crippen molar-refractivity contribution in [2.75, 3.05) is 14.2 Å². The van der Waals surface area contributed by atoms with Crippen molar-refractivity contribution in [2.45, 2.75) is 6.92 Å². The Morgan fingerprint density at radius 3 is 2.00 bits per heavy atom. The summed E-state index contributed by atoms with van der Waals surface area (Å²) in [6.45, 7) is 1.76. The van der Waals surface area contributed by atoms with Crippen LogP contribution in [0.5, 0.6) is 0 Å². The summed E-state index contributed by atoms with van der Waals surface area (Å²) in [5.74, 6) is 1.37. The van der Waals surface area contributed by atoms with Crippen LogP contribution in [0, 0.1) is 0 Å². The number of ether oxygens (including phenoxy) is 2. The highest BCUT2D eigenvalue weighted by Crippen LogP contribution is 2.06. The van der Waals surface area contributed by atoms with Crippen molar-refractivity contribution in [1.29, 1.82) is 0 Å². The predicted octanol–water partition coefficient (Wildman–Crippen LogP) is 0.269. The molecule has 0 spiro atoms. The second kappa shape index (κ2) is 4.49. The largest absolute Gasteiger partial charge is 0.498 e. The minimum Gasteiger partial charge on any atom is -0.498 e. The monoisotopic (exact) mass is 158 g/mol. The Morgan fingerprint density at radius 2 is 1.73 bits per heavy atom. The van der Waals surface area contributed by atoms with Crippen LogP contribution in [0.1, 0.15) is 6.92 Å². The molecule has 0 aromatic carbocycles. The Bertz CT molecular complexity index is 181. The fourth-order valence-corrected chi connectivity index (χ4v) is 0.556. The Balaban J connectivity index is 4.52. The quantitative estimate of drug-likeness (QED) is 0.457. The fraction of sp³-hybridized carbons (Fsp3) is 0.429. The van der Waals surface area contributed by atoms with Gasteiger partial charge in [-0.15, -0.1) is 0 Å². The summed E-state index contributed by atoms with van der Waals surface area (Å²) >= 11 is 0. The van der Waals surface area contributed by atoms with Crippen LogP contribution in [0.2, 0.25) is 0 Å². The molecule has 4 heteroatoms. The molecule has 0 aromatic rings. The Kier molecular flexibility index (Phi) is 3.95. The van der Waals surface area contributed by atoms with Crippen molar-refractivity contribution in [2.24, 2.45) is 11.5 Å². The molecule has 0 aliphatic carbocycles. The normalized spacial score (nSPS) is 11.5. The van der Waals surface area contributed by atoms with Crippen LogP contribution in [0.15, 0.2) is 23.4 Å². The smallest absolute Gasteiger partial charge is 0.159 e. The zero-order valence-electron chi connectivity index (χ0n) is 7.05. The van der Waals surface area contributed by atoms with Gasteiger partial charge in [0.15, 0.2) is 5.76 Å². The molecule has 0 fully saturated rings. The van der Waals surface area contributed by atoms with Crippen LogP contribution >= 0.6 is 0 Å². The molecule has 64 valence electrons. The van der Waals surface area contributed by atoms with Gasteiger partial charge in [-0.2, -0.15) is 0 Å². The Hall–Kier alpha value is -1.32. The molecule has 0 saturated heterocycles. The summed E-state index contributed by atoms with van der Waals surface area (Å²) in [7, 11) is 3.08. The second-order valence-electron chi connectivity index (χ2n) is 1.97. The van der Waals surface area contributed by atoms with E-state index in [1.54, 1.807) is 14.0 Å². The Morgan fingerprint density at radius 1 is 1.18 bits per heavy atom. The van der Waals surface area contributed by atoms with Gasteiger partial charge in [-0.1, -0.05) is 0 Å². The fourth-order valence-electron chi connectivity index (χ4n) is 0.556. The first-order valence-corrected chi connectivity index (χ1v) is 3.13. The van der Waals surface area contributed by atoms with E-state index in [2.05, 4.69) is 0 Å². The van der Waals surface area contributed by atoms with E-state index in [0.29, 0.717) is 11.5 Å². The van der Waals surface area contributed by atoms with Crippen LogP contribution < -0.4 is 11.5 Å². The van der Waals surface area contributed by atoms with Gasteiger partial charge in [-0.25, -0.2) is 0 Å². The number of allylic oxidation sites excluding steroid dienone is 2. The molecule has 0 aromatic heterocycles. The van der Waals surface area contributed by atoms with Crippen LogP contribution in [-0.2, 0) is 9.47 Å². The maximum Gasteiger partial charge on any atom is 0.159 e. The molecule has 0 heterocycles. The van der Waals surface area contributed by atoms with Gasteiger partial charge in [-0.3, -0.25) is 0 Å². The maximum absolute atomic E-state index is 5.23. The van der Waals surface area contributed by atoms with E-state index >= 15 is 0 Å². The molecule has 0 saturated carbocycles. The lowest BCUT2D eigenvalue weighted by atomic mass is 10.4. The first kappa shape index (κ1) is 9.68. The van der Waals surface area contributed by atoms with E-state index in [-0.39, 0.29) is 5.82 Å². The lowest BCUT2D eigenvalue weighted by molar-refractivity contribution is 0.232. The topological polar surface area (TPSA) is 70.5 Å². The van der Waals surface area contributed by atoms with Crippen LogP contribution in [0.4, 0.5) is 0 Å². The molecule has 0 atom stereocenters. The van der Waals surface area contributed by atoms with Gasteiger partial charge < -0.3 is 20.9 Å². The molecule has 11 heavy (non-hydrogen) atoms. The molecule has 0 bridgehead atoms. The van der Waals surface area contributed by atoms with Crippen LogP contribution in [0.3, 0.4) is 0 Å². The average Bonchev–Trinajstić information content (AvgIpc) is 1.98. The van der Waals surface area contributed by atoms with Crippen molar-refractivity contribution in [3.8, 4) is 0 Å². The number of hydrogen-bond donors (Lipinski definition) is 2. The van der Waals surface area contributed by atoms with Gasteiger partial charge in [0, 0.05) is 6.08 Å². The zero-order valence-corrected chi connectivity index (χ0v) is 7.05. The summed E-state index contributed by atoms with van der Waals surface area (Å²) in [5, 5.41) is 0. The highest BCUT2D eigenvalue weighted by atomic mass is 16.5. The third kappa shape index (κ3) is 3.40. The standard InChI is InChI=1S/C7H14N2O2/c1-5(10-2)6(11-3)4-7(8)9/h4H,8-9H2,1-3H3/b6-5-. The molecular formula is C7H14N2O2. The number of methoxy groups -OCH3 is 2. The van der Waals surface area contributed by atoms with Crippen LogP contribution in [-0.4, -0.2) is 14.2 Å². The van der Waals surface area contributed by atoms with Gasteiger partial charge in [0.2, 0.25) is 0 Å². The molecule has 0 aliphatic heterocycles. The summed E-state index contributed by atoms with van der Waals surface area (Å²) in [5.41, 5.74) is 10.5. The summed E-state index contributed by atoms with van der Waals surface area (Å²) in [4.78, 5) is 0. The minimum atomic E-state index is 0.193.